The second-order valence-corrected chi connectivity index (χ2v) is 5.15. The Balaban J connectivity index is 1.66. The van der Waals surface area contributed by atoms with E-state index in [9.17, 15) is 18.0 Å². The van der Waals surface area contributed by atoms with Gasteiger partial charge in [0.15, 0.2) is 11.6 Å². The summed E-state index contributed by atoms with van der Waals surface area (Å²) in [5.41, 5.74) is 1.20. The number of hydrogen-bond acceptors (Lipinski definition) is 3. The van der Waals surface area contributed by atoms with Crippen LogP contribution in [0.4, 0.5) is 30.4 Å². The quantitative estimate of drug-likeness (QED) is 0.734. The van der Waals surface area contributed by atoms with E-state index in [0.717, 1.165) is 12.1 Å². The minimum absolute atomic E-state index is 0.296. The first-order valence-corrected chi connectivity index (χ1v) is 7.26. The Morgan fingerprint density at radius 2 is 1.56 bits per heavy atom. The summed E-state index contributed by atoms with van der Waals surface area (Å²) in [5.74, 6) is -2.44. The van der Waals surface area contributed by atoms with Crippen LogP contribution >= 0.6 is 0 Å². The third-order valence-corrected chi connectivity index (χ3v) is 3.32. The highest BCUT2D eigenvalue weighted by atomic mass is 19.2. The smallest absolute Gasteiger partial charge is 0.256 e. The zero-order valence-corrected chi connectivity index (χ0v) is 12.8. The maximum Gasteiger partial charge on any atom is 0.256 e. The van der Waals surface area contributed by atoms with Crippen molar-refractivity contribution in [1.82, 2.24) is 4.98 Å². The number of rotatable bonds is 4. The maximum atomic E-state index is 13.2. The van der Waals surface area contributed by atoms with Crippen LogP contribution in [0.2, 0.25) is 0 Å². The van der Waals surface area contributed by atoms with Gasteiger partial charge in [0.25, 0.3) is 5.91 Å². The van der Waals surface area contributed by atoms with Gasteiger partial charge in [0.1, 0.15) is 11.6 Å². The molecule has 0 spiro atoms. The van der Waals surface area contributed by atoms with Gasteiger partial charge in [-0.2, -0.15) is 0 Å². The second kappa shape index (κ2) is 7.04. The summed E-state index contributed by atoms with van der Waals surface area (Å²) in [6.07, 6.45) is 1.43. The van der Waals surface area contributed by atoms with Crippen LogP contribution in [0.1, 0.15) is 10.4 Å². The molecule has 7 heteroatoms. The molecule has 0 aliphatic carbocycles. The molecule has 0 saturated carbocycles. The van der Waals surface area contributed by atoms with Gasteiger partial charge in [-0.1, -0.05) is 0 Å². The molecule has 0 bridgehead atoms. The summed E-state index contributed by atoms with van der Waals surface area (Å²) in [6, 6.07) is 11.7. The van der Waals surface area contributed by atoms with Crippen molar-refractivity contribution in [3.05, 3.63) is 83.8 Å². The molecule has 0 aliphatic heterocycles. The highest BCUT2D eigenvalue weighted by Gasteiger charge is 2.07. The molecular formula is C18H12F3N3O. The van der Waals surface area contributed by atoms with Gasteiger partial charge in [0.2, 0.25) is 0 Å². The summed E-state index contributed by atoms with van der Waals surface area (Å²) in [4.78, 5) is 16.1. The second-order valence-electron chi connectivity index (χ2n) is 5.15. The topological polar surface area (TPSA) is 54.0 Å². The van der Waals surface area contributed by atoms with Gasteiger partial charge in [0.05, 0.1) is 11.9 Å². The number of amides is 1. The molecule has 2 aromatic carbocycles. The molecule has 3 aromatic rings. The first kappa shape index (κ1) is 16.5. The Labute approximate surface area is 141 Å². The lowest BCUT2D eigenvalue weighted by Gasteiger charge is -2.08. The fraction of sp³-hybridized carbons (Fsp3) is 0. The predicted molar refractivity (Wildman–Crippen MR) is 88.2 cm³/mol. The molecule has 2 N–H and O–H groups in total. The summed E-state index contributed by atoms with van der Waals surface area (Å²) < 4.78 is 38.9. The fourth-order valence-electron chi connectivity index (χ4n) is 2.07. The molecule has 0 unspecified atom stereocenters. The van der Waals surface area contributed by atoms with E-state index in [1.54, 1.807) is 12.1 Å². The third kappa shape index (κ3) is 4.14. The van der Waals surface area contributed by atoms with Crippen molar-refractivity contribution in [3.8, 4) is 0 Å². The molecule has 0 fully saturated rings. The average molecular weight is 343 g/mol. The Bertz CT molecular complexity index is 896. The predicted octanol–water partition coefficient (Wildman–Crippen LogP) is 4.49. The third-order valence-electron chi connectivity index (χ3n) is 3.32. The van der Waals surface area contributed by atoms with Crippen LogP contribution in [-0.4, -0.2) is 10.9 Å². The van der Waals surface area contributed by atoms with Crippen molar-refractivity contribution >= 4 is 23.1 Å². The summed E-state index contributed by atoms with van der Waals surface area (Å²) in [5, 5.41) is 5.44. The van der Waals surface area contributed by atoms with E-state index in [1.165, 1.54) is 36.5 Å². The van der Waals surface area contributed by atoms with E-state index < -0.39 is 23.4 Å². The van der Waals surface area contributed by atoms with Crippen molar-refractivity contribution in [1.29, 1.82) is 0 Å². The van der Waals surface area contributed by atoms with Crippen LogP contribution in [0.25, 0.3) is 0 Å². The number of benzene rings is 2. The molecule has 1 amide bonds. The number of anilines is 3. The van der Waals surface area contributed by atoms with Gasteiger partial charge in [-0.05, 0) is 48.5 Å². The van der Waals surface area contributed by atoms with E-state index in [0.29, 0.717) is 22.8 Å². The Hall–Kier alpha value is -3.35. The van der Waals surface area contributed by atoms with E-state index in [2.05, 4.69) is 15.6 Å². The average Bonchev–Trinajstić information content (AvgIpc) is 2.60. The Kier molecular flexibility index (Phi) is 4.65. The summed E-state index contributed by atoms with van der Waals surface area (Å²) in [6.45, 7) is 0. The minimum atomic E-state index is -0.957. The van der Waals surface area contributed by atoms with Crippen LogP contribution in [0, 0.1) is 17.5 Å². The van der Waals surface area contributed by atoms with Crippen molar-refractivity contribution in [2.24, 2.45) is 0 Å². The molecule has 0 aliphatic rings. The lowest BCUT2D eigenvalue weighted by Crippen LogP contribution is -2.12. The normalized spacial score (nSPS) is 10.4. The molecule has 3 rings (SSSR count). The molecular weight excluding hydrogens is 331 g/mol. The fourth-order valence-corrected chi connectivity index (χ4v) is 2.07. The van der Waals surface area contributed by atoms with E-state index in [1.807, 2.05) is 0 Å². The van der Waals surface area contributed by atoms with E-state index in [4.69, 9.17) is 0 Å². The van der Waals surface area contributed by atoms with Crippen LogP contribution in [0.15, 0.2) is 60.8 Å². The minimum Gasteiger partial charge on any atom is -0.354 e. The molecule has 4 nitrogen and oxygen atoms in total. The number of aromatic nitrogens is 1. The lowest BCUT2D eigenvalue weighted by atomic mass is 10.2. The van der Waals surface area contributed by atoms with Crippen LogP contribution in [0.5, 0.6) is 0 Å². The number of carbonyl (C=O) groups excluding carboxylic acids is 1. The number of halogens is 3. The monoisotopic (exact) mass is 343 g/mol. The van der Waals surface area contributed by atoms with Gasteiger partial charge in [0, 0.05) is 17.3 Å². The zero-order valence-electron chi connectivity index (χ0n) is 12.8. The van der Waals surface area contributed by atoms with Gasteiger partial charge >= 0.3 is 0 Å². The van der Waals surface area contributed by atoms with Gasteiger partial charge in [-0.3, -0.25) is 4.79 Å². The standard InChI is InChI=1S/C18H12F3N3O/c19-12-3-1-11(2-4-12)18(25)24-17-8-6-14(10-22-17)23-13-5-7-15(20)16(21)9-13/h1-10,23H,(H,22,24,25). The number of pyridine rings is 1. The molecule has 126 valence electrons. The van der Waals surface area contributed by atoms with Crippen molar-refractivity contribution in [2.75, 3.05) is 10.6 Å². The molecule has 25 heavy (non-hydrogen) atoms. The first-order valence-electron chi connectivity index (χ1n) is 7.26. The number of hydrogen-bond donors (Lipinski definition) is 2. The van der Waals surface area contributed by atoms with Crippen molar-refractivity contribution < 1.29 is 18.0 Å². The first-order chi connectivity index (χ1) is 12.0. The number of nitrogens with one attached hydrogen (secondary N) is 2. The zero-order chi connectivity index (χ0) is 17.8. The lowest BCUT2D eigenvalue weighted by molar-refractivity contribution is 0.102. The van der Waals surface area contributed by atoms with Gasteiger partial charge < -0.3 is 10.6 Å². The van der Waals surface area contributed by atoms with E-state index >= 15 is 0 Å². The summed E-state index contributed by atoms with van der Waals surface area (Å²) in [7, 11) is 0. The number of nitrogens with zero attached hydrogens (tertiary/aromatic N) is 1. The highest BCUT2D eigenvalue weighted by molar-refractivity contribution is 6.03. The molecule has 0 saturated heterocycles. The largest absolute Gasteiger partial charge is 0.354 e. The van der Waals surface area contributed by atoms with Crippen molar-refractivity contribution in [3.63, 3.8) is 0 Å². The Morgan fingerprint density at radius 1 is 0.840 bits per heavy atom. The Morgan fingerprint density at radius 3 is 2.20 bits per heavy atom. The van der Waals surface area contributed by atoms with E-state index in [-0.39, 0.29) is 0 Å². The van der Waals surface area contributed by atoms with Crippen LogP contribution in [-0.2, 0) is 0 Å². The summed E-state index contributed by atoms with van der Waals surface area (Å²) >= 11 is 0. The van der Waals surface area contributed by atoms with Crippen LogP contribution in [0.3, 0.4) is 0 Å². The van der Waals surface area contributed by atoms with Crippen molar-refractivity contribution in [2.45, 2.75) is 0 Å². The van der Waals surface area contributed by atoms with Gasteiger partial charge in [-0.15, -0.1) is 0 Å². The van der Waals surface area contributed by atoms with Crippen LogP contribution < -0.4 is 10.6 Å². The molecule has 0 atom stereocenters. The van der Waals surface area contributed by atoms with Gasteiger partial charge in [-0.25, -0.2) is 18.2 Å². The molecule has 1 heterocycles. The molecule has 1 aromatic heterocycles. The highest BCUT2D eigenvalue weighted by Crippen LogP contribution is 2.19. The molecule has 0 radical (unpaired) electrons. The number of carbonyl (C=O) groups is 1. The maximum absolute atomic E-state index is 13.2. The SMILES string of the molecule is O=C(Nc1ccc(Nc2ccc(F)c(F)c2)cn1)c1ccc(F)cc1.